The Morgan fingerprint density at radius 3 is 2.41 bits per heavy atom. The SMILES string of the molecule is CC(=O)OC(C)C(C)c1cc(O)cc(O)c1C. The first-order valence-corrected chi connectivity index (χ1v) is 5.52. The van der Waals surface area contributed by atoms with Crippen molar-refractivity contribution in [3.63, 3.8) is 0 Å². The second kappa shape index (κ2) is 5.08. The van der Waals surface area contributed by atoms with Gasteiger partial charge in [-0.2, -0.15) is 0 Å². The lowest BCUT2D eigenvalue weighted by Crippen LogP contribution is -2.19. The van der Waals surface area contributed by atoms with Gasteiger partial charge in [-0.3, -0.25) is 4.79 Å². The highest BCUT2D eigenvalue weighted by molar-refractivity contribution is 5.66. The summed E-state index contributed by atoms with van der Waals surface area (Å²) in [6.45, 7) is 6.79. The van der Waals surface area contributed by atoms with Crippen LogP contribution in [0.1, 0.15) is 37.8 Å². The fourth-order valence-corrected chi connectivity index (χ4v) is 1.80. The van der Waals surface area contributed by atoms with Crippen LogP contribution in [0.3, 0.4) is 0 Å². The van der Waals surface area contributed by atoms with Crippen LogP contribution in [0.4, 0.5) is 0 Å². The minimum atomic E-state index is -0.341. The topological polar surface area (TPSA) is 66.8 Å². The monoisotopic (exact) mass is 238 g/mol. The number of phenols is 2. The zero-order chi connectivity index (χ0) is 13.2. The Balaban J connectivity index is 3.03. The molecule has 94 valence electrons. The minimum Gasteiger partial charge on any atom is -0.508 e. The lowest BCUT2D eigenvalue weighted by Gasteiger charge is -2.22. The summed E-state index contributed by atoms with van der Waals surface area (Å²) in [4.78, 5) is 10.9. The van der Waals surface area contributed by atoms with Gasteiger partial charge in [0.15, 0.2) is 0 Å². The van der Waals surface area contributed by atoms with E-state index in [9.17, 15) is 15.0 Å². The first-order chi connectivity index (χ1) is 7.82. The maximum absolute atomic E-state index is 10.9. The summed E-state index contributed by atoms with van der Waals surface area (Å²) in [6.07, 6.45) is -0.313. The second-order valence-electron chi connectivity index (χ2n) is 4.28. The Morgan fingerprint density at radius 2 is 1.88 bits per heavy atom. The maximum atomic E-state index is 10.9. The Hall–Kier alpha value is -1.71. The van der Waals surface area contributed by atoms with Crippen LogP contribution in [0.25, 0.3) is 0 Å². The lowest BCUT2D eigenvalue weighted by atomic mass is 9.91. The number of benzene rings is 1. The number of phenolic OH excluding ortho intramolecular Hbond substituents is 2. The van der Waals surface area contributed by atoms with E-state index in [4.69, 9.17) is 4.74 Å². The Labute approximate surface area is 101 Å². The molecular formula is C13H18O4. The normalized spacial score (nSPS) is 14.1. The molecule has 0 spiro atoms. The van der Waals surface area contributed by atoms with Gasteiger partial charge in [-0.15, -0.1) is 0 Å². The van der Waals surface area contributed by atoms with Crippen molar-refractivity contribution >= 4 is 5.97 Å². The molecule has 17 heavy (non-hydrogen) atoms. The number of carbonyl (C=O) groups excluding carboxylic acids is 1. The van der Waals surface area contributed by atoms with E-state index in [0.29, 0.717) is 5.56 Å². The van der Waals surface area contributed by atoms with Crippen LogP contribution in [-0.4, -0.2) is 22.3 Å². The molecule has 4 heteroatoms. The molecule has 2 N–H and O–H groups in total. The molecule has 0 saturated carbocycles. The molecule has 0 aromatic heterocycles. The van der Waals surface area contributed by atoms with E-state index < -0.39 is 0 Å². The summed E-state index contributed by atoms with van der Waals surface area (Å²) < 4.78 is 5.10. The molecule has 1 aromatic rings. The van der Waals surface area contributed by atoms with Crippen molar-refractivity contribution in [2.75, 3.05) is 0 Å². The number of rotatable bonds is 3. The zero-order valence-corrected chi connectivity index (χ0v) is 10.5. The molecule has 0 saturated heterocycles. The quantitative estimate of drug-likeness (QED) is 0.794. The molecule has 2 atom stereocenters. The third-order valence-corrected chi connectivity index (χ3v) is 2.95. The molecule has 0 amide bonds. The van der Waals surface area contributed by atoms with Gasteiger partial charge in [-0.05, 0) is 31.0 Å². The molecule has 0 aliphatic rings. The van der Waals surface area contributed by atoms with E-state index in [1.165, 1.54) is 13.0 Å². The van der Waals surface area contributed by atoms with Crippen LogP contribution < -0.4 is 0 Å². The van der Waals surface area contributed by atoms with Crippen molar-refractivity contribution in [2.24, 2.45) is 0 Å². The van der Waals surface area contributed by atoms with Crippen molar-refractivity contribution in [1.82, 2.24) is 0 Å². The van der Waals surface area contributed by atoms with Crippen LogP contribution >= 0.6 is 0 Å². The average Bonchev–Trinajstić information content (AvgIpc) is 2.21. The molecule has 4 nitrogen and oxygen atoms in total. The predicted molar refractivity (Wildman–Crippen MR) is 64.2 cm³/mol. The highest BCUT2D eigenvalue weighted by atomic mass is 16.5. The maximum Gasteiger partial charge on any atom is 0.302 e. The van der Waals surface area contributed by atoms with Crippen LogP contribution in [-0.2, 0) is 9.53 Å². The van der Waals surface area contributed by atoms with Gasteiger partial charge in [0.1, 0.15) is 17.6 Å². The van der Waals surface area contributed by atoms with Gasteiger partial charge in [0, 0.05) is 18.9 Å². The van der Waals surface area contributed by atoms with E-state index >= 15 is 0 Å². The Kier molecular flexibility index (Phi) is 3.99. The smallest absolute Gasteiger partial charge is 0.302 e. The van der Waals surface area contributed by atoms with Gasteiger partial charge < -0.3 is 14.9 Å². The first kappa shape index (κ1) is 13.4. The molecule has 0 radical (unpaired) electrons. The van der Waals surface area contributed by atoms with E-state index in [1.54, 1.807) is 19.9 Å². The molecule has 0 bridgehead atoms. The van der Waals surface area contributed by atoms with Crippen LogP contribution in [0.15, 0.2) is 12.1 Å². The van der Waals surface area contributed by atoms with Crippen LogP contribution in [0.2, 0.25) is 0 Å². The number of hydrogen-bond donors (Lipinski definition) is 2. The van der Waals surface area contributed by atoms with Crippen molar-refractivity contribution in [2.45, 2.75) is 39.7 Å². The molecule has 0 heterocycles. The van der Waals surface area contributed by atoms with Gasteiger partial charge in [-0.1, -0.05) is 6.92 Å². The predicted octanol–water partition coefficient (Wildman–Crippen LogP) is 2.46. The minimum absolute atomic E-state index is 0.00461. The fraction of sp³-hybridized carbons (Fsp3) is 0.462. The zero-order valence-electron chi connectivity index (χ0n) is 10.5. The van der Waals surface area contributed by atoms with E-state index in [-0.39, 0.29) is 29.5 Å². The van der Waals surface area contributed by atoms with Crippen molar-refractivity contribution in [3.05, 3.63) is 23.3 Å². The first-order valence-electron chi connectivity index (χ1n) is 5.52. The van der Waals surface area contributed by atoms with Crippen LogP contribution in [0, 0.1) is 6.92 Å². The molecule has 1 aromatic carbocycles. The lowest BCUT2D eigenvalue weighted by molar-refractivity contribution is -0.146. The van der Waals surface area contributed by atoms with Gasteiger partial charge >= 0.3 is 5.97 Å². The summed E-state index contributed by atoms with van der Waals surface area (Å²) in [5.41, 5.74) is 1.46. The highest BCUT2D eigenvalue weighted by Gasteiger charge is 2.20. The number of aromatic hydroxyl groups is 2. The number of ether oxygens (including phenoxy) is 1. The van der Waals surface area contributed by atoms with Crippen molar-refractivity contribution < 1.29 is 19.7 Å². The molecule has 0 aliphatic heterocycles. The molecular weight excluding hydrogens is 220 g/mol. The second-order valence-corrected chi connectivity index (χ2v) is 4.28. The molecule has 0 fully saturated rings. The number of hydrogen-bond acceptors (Lipinski definition) is 4. The summed E-state index contributed by atoms with van der Waals surface area (Å²) >= 11 is 0. The van der Waals surface area contributed by atoms with Crippen molar-refractivity contribution in [3.8, 4) is 11.5 Å². The summed E-state index contributed by atoms with van der Waals surface area (Å²) in [7, 11) is 0. The highest BCUT2D eigenvalue weighted by Crippen LogP contribution is 2.33. The van der Waals surface area contributed by atoms with Gasteiger partial charge in [0.2, 0.25) is 0 Å². The van der Waals surface area contributed by atoms with E-state index in [0.717, 1.165) is 5.56 Å². The fourth-order valence-electron chi connectivity index (χ4n) is 1.80. The number of esters is 1. The van der Waals surface area contributed by atoms with E-state index in [1.807, 2.05) is 6.92 Å². The summed E-state index contributed by atoms with van der Waals surface area (Å²) in [5.74, 6) is -0.393. The third-order valence-electron chi connectivity index (χ3n) is 2.95. The van der Waals surface area contributed by atoms with Gasteiger partial charge in [-0.25, -0.2) is 0 Å². The van der Waals surface area contributed by atoms with Gasteiger partial charge in [0.25, 0.3) is 0 Å². The van der Waals surface area contributed by atoms with Crippen LogP contribution in [0.5, 0.6) is 11.5 Å². The molecule has 2 unspecified atom stereocenters. The summed E-state index contributed by atoms with van der Waals surface area (Å²) in [6, 6.07) is 2.88. The van der Waals surface area contributed by atoms with Crippen molar-refractivity contribution in [1.29, 1.82) is 0 Å². The average molecular weight is 238 g/mol. The third kappa shape index (κ3) is 3.12. The van der Waals surface area contributed by atoms with Gasteiger partial charge in [0.05, 0.1) is 0 Å². The summed E-state index contributed by atoms with van der Waals surface area (Å²) in [5, 5.41) is 19.1. The largest absolute Gasteiger partial charge is 0.508 e. The molecule has 0 aliphatic carbocycles. The van der Waals surface area contributed by atoms with E-state index in [2.05, 4.69) is 0 Å². The molecule has 1 rings (SSSR count). The Morgan fingerprint density at radius 1 is 1.29 bits per heavy atom. The number of carbonyl (C=O) groups is 1. The Bertz CT molecular complexity index is 426. The standard InChI is InChI=1S/C13H18O4/c1-7(9(3)17-10(4)14)12-5-11(15)6-13(16)8(12)2/h5-7,9,15-16H,1-4H3.